The van der Waals surface area contributed by atoms with Gasteiger partial charge >= 0.3 is 0 Å². The summed E-state index contributed by atoms with van der Waals surface area (Å²) >= 11 is 0. The van der Waals surface area contributed by atoms with Gasteiger partial charge < -0.3 is 14.8 Å². The van der Waals surface area contributed by atoms with Gasteiger partial charge in [0.2, 0.25) is 0 Å². The van der Waals surface area contributed by atoms with Gasteiger partial charge in [0.25, 0.3) is 0 Å². The van der Waals surface area contributed by atoms with Crippen LogP contribution in [0.15, 0.2) is 16.7 Å². The second-order valence-corrected chi connectivity index (χ2v) is 3.21. The number of furan rings is 1. The molecule has 1 saturated heterocycles. The number of rotatable bonds is 1. The molecule has 1 fully saturated rings. The Kier molecular flexibility index (Phi) is 2.04. The maximum atomic E-state index is 9.06. The molecule has 0 saturated carbocycles. The zero-order valence-corrected chi connectivity index (χ0v) is 6.92. The predicted molar refractivity (Wildman–Crippen MR) is 45.0 cm³/mol. The van der Waals surface area contributed by atoms with E-state index in [0.717, 1.165) is 18.7 Å². The molecule has 0 bridgehead atoms. The first-order valence-electron chi connectivity index (χ1n) is 4.37. The lowest BCUT2D eigenvalue weighted by Gasteiger charge is -2.20. The highest BCUT2D eigenvalue weighted by Crippen LogP contribution is 2.26. The molecule has 0 aliphatic carbocycles. The van der Waals surface area contributed by atoms with Crippen LogP contribution in [0.3, 0.4) is 0 Å². The number of hydrogen-bond acceptors (Lipinski definition) is 3. The number of piperidine rings is 1. The summed E-state index contributed by atoms with van der Waals surface area (Å²) in [7, 11) is 0. The SMILES string of the molecule is Oc1coc([C@H]2CCCCN2)c1. The second-order valence-electron chi connectivity index (χ2n) is 3.21. The Morgan fingerprint density at radius 3 is 3.00 bits per heavy atom. The van der Waals surface area contributed by atoms with Gasteiger partial charge in [-0.05, 0) is 19.4 Å². The molecule has 2 rings (SSSR count). The fourth-order valence-electron chi connectivity index (χ4n) is 1.62. The molecule has 0 aromatic carbocycles. The van der Waals surface area contributed by atoms with Gasteiger partial charge in [0.15, 0.2) is 5.75 Å². The topological polar surface area (TPSA) is 45.4 Å². The second kappa shape index (κ2) is 3.19. The van der Waals surface area contributed by atoms with Gasteiger partial charge in [0.05, 0.1) is 6.04 Å². The van der Waals surface area contributed by atoms with E-state index in [-0.39, 0.29) is 5.75 Å². The fraction of sp³-hybridized carbons (Fsp3) is 0.556. The van der Waals surface area contributed by atoms with E-state index in [9.17, 15) is 0 Å². The minimum absolute atomic E-state index is 0.220. The third-order valence-corrected chi connectivity index (χ3v) is 2.26. The summed E-state index contributed by atoms with van der Waals surface area (Å²) in [6.07, 6.45) is 4.96. The van der Waals surface area contributed by atoms with E-state index in [1.807, 2.05) is 0 Å². The highest BCUT2D eigenvalue weighted by Gasteiger charge is 2.17. The molecule has 3 nitrogen and oxygen atoms in total. The van der Waals surface area contributed by atoms with Gasteiger partial charge in [-0.3, -0.25) is 0 Å². The summed E-state index contributed by atoms with van der Waals surface area (Å²) < 4.78 is 5.19. The van der Waals surface area contributed by atoms with Gasteiger partial charge in [0, 0.05) is 6.07 Å². The van der Waals surface area contributed by atoms with Crippen LogP contribution >= 0.6 is 0 Å². The van der Waals surface area contributed by atoms with Gasteiger partial charge in [-0.25, -0.2) is 0 Å². The summed E-state index contributed by atoms with van der Waals surface area (Å²) in [5, 5.41) is 12.4. The maximum absolute atomic E-state index is 9.06. The molecule has 0 radical (unpaired) electrons. The summed E-state index contributed by atoms with van der Waals surface area (Å²) in [5.74, 6) is 1.07. The van der Waals surface area contributed by atoms with Crippen LogP contribution in [-0.4, -0.2) is 11.7 Å². The van der Waals surface area contributed by atoms with Crippen molar-refractivity contribution in [2.45, 2.75) is 25.3 Å². The third kappa shape index (κ3) is 1.46. The van der Waals surface area contributed by atoms with Crippen molar-refractivity contribution in [2.75, 3.05) is 6.54 Å². The molecule has 1 aliphatic heterocycles. The average Bonchev–Trinajstić information content (AvgIpc) is 2.54. The van der Waals surface area contributed by atoms with E-state index in [1.165, 1.54) is 19.1 Å². The largest absolute Gasteiger partial charge is 0.505 e. The minimum Gasteiger partial charge on any atom is -0.505 e. The van der Waals surface area contributed by atoms with Crippen molar-refractivity contribution < 1.29 is 9.52 Å². The molecule has 1 aromatic heterocycles. The van der Waals surface area contributed by atoms with Crippen LogP contribution in [0.4, 0.5) is 0 Å². The standard InChI is InChI=1S/C9H13NO2/c11-7-5-9(12-6-7)8-3-1-2-4-10-8/h5-6,8,10-11H,1-4H2/t8-/m1/s1. The van der Waals surface area contributed by atoms with Crippen molar-refractivity contribution in [3.05, 3.63) is 18.1 Å². The van der Waals surface area contributed by atoms with Crippen molar-refractivity contribution in [1.82, 2.24) is 5.32 Å². The summed E-state index contributed by atoms with van der Waals surface area (Å²) in [6, 6.07) is 1.99. The fourth-order valence-corrected chi connectivity index (χ4v) is 1.62. The molecule has 1 atom stereocenters. The Morgan fingerprint density at radius 2 is 2.42 bits per heavy atom. The number of nitrogens with one attached hydrogen (secondary N) is 1. The molecule has 1 aliphatic rings. The normalized spacial score (nSPS) is 24.2. The highest BCUT2D eigenvalue weighted by atomic mass is 16.4. The minimum atomic E-state index is 0.220. The lowest BCUT2D eigenvalue weighted by atomic mass is 10.0. The Morgan fingerprint density at radius 1 is 1.50 bits per heavy atom. The average molecular weight is 167 g/mol. The third-order valence-electron chi connectivity index (χ3n) is 2.26. The zero-order valence-electron chi connectivity index (χ0n) is 6.92. The lowest BCUT2D eigenvalue weighted by Crippen LogP contribution is -2.26. The van der Waals surface area contributed by atoms with Crippen molar-refractivity contribution in [3.8, 4) is 5.75 Å². The van der Waals surface area contributed by atoms with Crippen molar-refractivity contribution in [3.63, 3.8) is 0 Å². The van der Waals surface area contributed by atoms with E-state index in [2.05, 4.69) is 5.32 Å². The van der Waals surface area contributed by atoms with Crippen LogP contribution in [0.25, 0.3) is 0 Å². The van der Waals surface area contributed by atoms with E-state index in [4.69, 9.17) is 9.52 Å². The first-order chi connectivity index (χ1) is 5.86. The Balaban J connectivity index is 2.08. The smallest absolute Gasteiger partial charge is 0.154 e. The molecule has 2 N–H and O–H groups in total. The highest BCUT2D eigenvalue weighted by molar-refractivity contribution is 5.19. The van der Waals surface area contributed by atoms with Crippen molar-refractivity contribution >= 4 is 0 Å². The van der Waals surface area contributed by atoms with Crippen LogP contribution in [-0.2, 0) is 0 Å². The lowest BCUT2D eigenvalue weighted by molar-refractivity contribution is 0.348. The summed E-state index contributed by atoms with van der Waals surface area (Å²) in [5.41, 5.74) is 0. The van der Waals surface area contributed by atoms with Gasteiger partial charge in [-0.15, -0.1) is 0 Å². The molecule has 0 spiro atoms. The van der Waals surface area contributed by atoms with Crippen LogP contribution in [0, 0.1) is 0 Å². The van der Waals surface area contributed by atoms with Gasteiger partial charge in [-0.1, -0.05) is 6.42 Å². The van der Waals surface area contributed by atoms with Crippen LogP contribution in [0.2, 0.25) is 0 Å². The molecular formula is C9H13NO2. The quantitative estimate of drug-likeness (QED) is 0.670. The zero-order chi connectivity index (χ0) is 8.39. The van der Waals surface area contributed by atoms with Crippen LogP contribution in [0.5, 0.6) is 5.75 Å². The molecule has 3 heteroatoms. The van der Waals surface area contributed by atoms with Crippen molar-refractivity contribution in [1.29, 1.82) is 0 Å². The number of hydrogen-bond donors (Lipinski definition) is 2. The molecule has 0 unspecified atom stereocenters. The number of aromatic hydroxyl groups is 1. The van der Waals surface area contributed by atoms with E-state index in [0.29, 0.717) is 6.04 Å². The van der Waals surface area contributed by atoms with Gasteiger partial charge in [-0.2, -0.15) is 0 Å². The Bertz CT molecular complexity index is 251. The monoisotopic (exact) mass is 167 g/mol. The van der Waals surface area contributed by atoms with E-state index < -0.39 is 0 Å². The molecule has 0 amide bonds. The molecule has 12 heavy (non-hydrogen) atoms. The maximum Gasteiger partial charge on any atom is 0.154 e. The van der Waals surface area contributed by atoms with Crippen molar-refractivity contribution in [2.24, 2.45) is 0 Å². The molecular weight excluding hydrogens is 154 g/mol. The molecule has 2 heterocycles. The first kappa shape index (κ1) is 7.68. The molecule has 1 aromatic rings. The Labute approximate surface area is 71.4 Å². The van der Waals surface area contributed by atoms with Crippen LogP contribution < -0.4 is 5.32 Å². The van der Waals surface area contributed by atoms with Crippen LogP contribution in [0.1, 0.15) is 31.1 Å². The van der Waals surface area contributed by atoms with E-state index >= 15 is 0 Å². The molecule has 66 valence electrons. The summed E-state index contributed by atoms with van der Waals surface area (Å²) in [6.45, 7) is 1.05. The first-order valence-corrected chi connectivity index (χ1v) is 4.37. The summed E-state index contributed by atoms with van der Waals surface area (Å²) in [4.78, 5) is 0. The van der Waals surface area contributed by atoms with E-state index in [1.54, 1.807) is 6.07 Å². The Hall–Kier alpha value is -0.960. The predicted octanol–water partition coefficient (Wildman–Crippen LogP) is 1.80. The van der Waals surface area contributed by atoms with Gasteiger partial charge in [0.1, 0.15) is 12.0 Å².